The Morgan fingerprint density at radius 2 is 2.27 bits per heavy atom. The third-order valence-electron chi connectivity index (χ3n) is 0.879. The molecule has 0 aliphatic rings. The average molecular weight is 153 g/mol. The molecule has 0 amide bonds. The first-order valence-electron chi connectivity index (χ1n) is 3.16. The summed E-state index contributed by atoms with van der Waals surface area (Å²) in [6.07, 6.45) is 1.05. The third kappa shape index (κ3) is 5.39. The number of ether oxygens (including phenoxy) is 2. The molecule has 0 unspecified atom stereocenters. The standard InChI is InChI=1S/C7H10BO3/c1-6(2)7(9)11-4-3-10-5-8/h5H,1,3-4H2,2H3. The normalized spacial score (nSPS) is 8.36. The van der Waals surface area contributed by atoms with Gasteiger partial charge >= 0.3 is 66.2 Å². The maximum absolute atomic E-state index is 10.7. The van der Waals surface area contributed by atoms with Gasteiger partial charge in [0.25, 0.3) is 0 Å². The predicted molar refractivity (Wildman–Crippen MR) is 43.5 cm³/mol. The zero-order valence-electron chi connectivity index (χ0n) is 6.50. The fourth-order valence-corrected chi connectivity index (χ4v) is 0.374. The molecule has 4 heteroatoms. The first-order valence-corrected chi connectivity index (χ1v) is 3.16. The molecule has 0 saturated heterocycles. The molecule has 0 N–H and O–H groups in total. The molecule has 0 atom stereocenters. The fourth-order valence-electron chi connectivity index (χ4n) is 0.374. The molecule has 3 nitrogen and oxygen atoms in total. The van der Waals surface area contributed by atoms with Crippen molar-refractivity contribution in [3.63, 3.8) is 0 Å². The van der Waals surface area contributed by atoms with Crippen LogP contribution in [0.3, 0.4) is 0 Å². The van der Waals surface area contributed by atoms with Crippen LogP contribution in [0.4, 0.5) is 0 Å². The van der Waals surface area contributed by atoms with Crippen molar-refractivity contribution < 1.29 is 14.3 Å². The second-order valence-corrected chi connectivity index (χ2v) is 1.92. The number of hydrogen-bond donors (Lipinski definition) is 0. The molecule has 0 aromatic heterocycles. The molecule has 1 radical (unpaired) electrons. The predicted octanol–water partition coefficient (Wildman–Crippen LogP) is 0.0505. The van der Waals surface area contributed by atoms with Crippen molar-refractivity contribution in [1.82, 2.24) is 0 Å². The van der Waals surface area contributed by atoms with Crippen molar-refractivity contribution in [3.05, 3.63) is 12.2 Å². The summed E-state index contributed by atoms with van der Waals surface area (Å²) < 4.78 is 9.28. The van der Waals surface area contributed by atoms with E-state index in [1.54, 1.807) is 6.92 Å². The number of hydrogen-bond acceptors (Lipinski definition) is 3. The quantitative estimate of drug-likeness (QED) is 0.242. The summed E-state index contributed by atoms with van der Waals surface area (Å²) in [7, 11) is 4.90. The average Bonchev–Trinajstić information content (AvgIpc) is 1.97. The Labute approximate surface area is 67.1 Å². The van der Waals surface area contributed by atoms with Gasteiger partial charge < -0.3 is 0 Å². The maximum atomic E-state index is 10.7. The minimum atomic E-state index is -0.411. The number of carbonyl (C=O) groups excluding carboxylic acids is 1. The first-order chi connectivity index (χ1) is 5.18. The number of rotatable bonds is 5. The van der Waals surface area contributed by atoms with Crippen LogP contribution in [-0.4, -0.2) is 32.8 Å². The van der Waals surface area contributed by atoms with Crippen molar-refractivity contribution in [1.29, 1.82) is 0 Å². The van der Waals surface area contributed by atoms with E-state index in [4.69, 9.17) is 7.49 Å². The third-order valence-corrected chi connectivity index (χ3v) is 0.879. The van der Waals surface area contributed by atoms with E-state index in [1.165, 1.54) is 0 Å². The van der Waals surface area contributed by atoms with E-state index >= 15 is 0 Å². The van der Waals surface area contributed by atoms with E-state index in [2.05, 4.69) is 16.1 Å². The van der Waals surface area contributed by atoms with Crippen LogP contribution < -0.4 is 0 Å². The number of carbonyl (C=O) groups is 1. The molecule has 0 fully saturated rings. The van der Waals surface area contributed by atoms with Gasteiger partial charge in [-0.05, 0) is 0 Å². The van der Waals surface area contributed by atoms with E-state index in [9.17, 15) is 4.79 Å². The Morgan fingerprint density at radius 1 is 1.64 bits per heavy atom. The van der Waals surface area contributed by atoms with Crippen LogP contribution in [0.1, 0.15) is 6.92 Å². The van der Waals surface area contributed by atoms with Gasteiger partial charge in [0, 0.05) is 0 Å². The number of esters is 1. The van der Waals surface area contributed by atoms with E-state index < -0.39 is 5.97 Å². The van der Waals surface area contributed by atoms with Gasteiger partial charge in [-0.15, -0.1) is 0 Å². The molecule has 11 heavy (non-hydrogen) atoms. The Bertz CT molecular complexity index is 165. The van der Waals surface area contributed by atoms with Crippen molar-refractivity contribution in [2.24, 2.45) is 0 Å². The van der Waals surface area contributed by atoms with Crippen LogP contribution in [0.2, 0.25) is 0 Å². The molecular formula is C7H10BO3. The summed E-state index contributed by atoms with van der Waals surface area (Å²) >= 11 is 0. The van der Waals surface area contributed by atoms with Crippen LogP contribution in [0, 0.1) is 0 Å². The zero-order valence-corrected chi connectivity index (χ0v) is 6.50. The van der Waals surface area contributed by atoms with Gasteiger partial charge in [0.1, 0.15) is 0 Å². The summed E-state index contributed by atoms with van der Waals surface area (Å²) in [6, 6.07) is 0. The van der Waals surface area contributed by atoms with Gasteiger partial charge in [-0.25, -0.2) is 0 Å². The van der Waals surface area contributed by atoms with Crippen LogP contribution in [0.15, 0.2) is 12.2 Å². The van der Waals surface area contributed by atoms with Crippen LogP contribution >= 0.6 is 0 Å². The molecular weight excluding hydrogens is 143 g/mol. The zero-order chi connectivity index (χ0) is 8.69. The molecule has 0 heterocycles. The van der Waals surface area contributed by atoms with Gasteiger partial charge in [0.15, 0.2) is 0 Å². The molecule has 0 aromatic carbocycles. The molecule has 0 spiro atoms. The molecule has 59 valence electrons. The van der Waals surface area contributed by atoms with Crippen LogP contribution in [-0.2, 0) is 14.3 Å². The second kappa shape index (κ2) is 5.71. The molecule has 0 saturated carbocycles. The fraction of sp³-hybridized carbons (Fsp3) is 0.429. The molecule has 0 bridgehead atoms. The van der Waals surface area contributed by atoms with Crippen LogP contribution in [0.5, 0.6) is 0 Å². The summed E-state index contributed by atoms with van der Waals surface area (Å²) in [4.78, 5) is 10.7. The van der Waals surface area contributed by atoms with Gasteiger partial charge in [-0.2, -0.15) is 0 Å². The van der Waals surface area contributed by atoms with Gasteiger partial charge in [0.05, 0.1) is 0 Å². The molecule has 0 rings (SSSR count). The van der Waals surface area contributed by atoms with Crippen molar-refractivity contribution in [3.8, 4) is 0 Å². The van der Waals surface area contributed by atoms with E-state index in [0.29, 0.717) is 5.57 Å². The van der Waals surface area contributed by atoms with E-state index in [0.717, 1.165) is 6.15 Å². The van der Waals surface area contributed by atoms with E-state index in [-0.39, 0.29) is 13.2 Å². The van der Waals surface area contributed by atoms with Gasteiger partial charge in [-0.1, -0.05) is 0 Å². The van der Waals surface area contributed by atoms with Crippen molar-refractivity contribution in [2.75, 3.05) is 13.2 Å². The van der Waals surface area contributed by atoms with Crippen molar-refractivity contribution in [2.45, 2.75) is 6.92 Å². The first kappa shape index (κ1) is 9.94. The summed E-state index contributed by atoms with van der Waals surface area (Å²) in [5.74, 6) is -0.411. The van der Waals surface area contributed by atoms with Gasteiger partial charge in [-0.3, -0.25) is 0 Å². The summed E-state index contributed by atoms with van der Waals surface area (Å²) in [5.41, 5.74) is 0.377. The van der Waals surface area contributed by atoms with Crippen molar-refractivity contribution >= 4 is 19.6 Å². The minimum absolute atomic E-state index is 0.194. The Hall–Kier alpha value is -1.06. The SMILES string of the molecule is [B]=COCCOC(=O)C(=C)C. The Kier molecular flexibility index (Phi) is 5.16. The summed E-state index contributed by atoms with van der Waals surface area (Å²) in [6.45, 7) is 5.45. The van der Waals surface area contributed by atoms with Crippen LogP contribution in [0.25, 0.3) is 0 Å². The monoisotopic (exact) mass is 153 g/mol. The Morgan fingerprint density at radius 3 is 2.73 bits per heavy atom. The molecule has 0 aliphatic carbocycles. The second-order valence-electron chi connectivity index (χ2n) is 1.92. The molecule has 0 aromatic rings. The molecule has 0 aliphatic heterocycles. The summed E-state index contributed by atoms with van der Waals surface area (Å²) in [5, 5.41) is 0. The van der Waals surface area contributed by atoms with Gasteiger partial charge in [0.2, 0.25) is 0 Å². The topological polar surface area (TPSA) is 35.5 Å². The Balaban J connectivity index is 3.31. The van der Waals surface area contributed by atoms with E-state index in [1.807, 2.05) is 0 Å².